The largest absolute Gasteiger partial charge is 0.467 e. The fraction of sp³-hybridized carbons (Fsp3) is 0.107. The number of furan rings is 1. The number of amides is 1. The zero-order chi connectivity index (χ0) is 24.8. The molecule has 0 bridgehead atoms. The van der Waals surface area contributed by atoms with Crippen LogP contribution in [0.25, 0.3) is 22.0 Å². The Bertz CT molecular complexity index is 1670. The van der Waals surface area contributed by atoms with Crippen molar-refractivity contribution in [2.24, 2.45) is 12.1 Å². The molecule has 36 heavy (non-hydrogen) atoms. The summed E-state index contributed by atoms with van der Waals surface area (Å²) in [7, 11) is 1.73. The quantitative estimate of drug-likeness (QED) is 0.275. The van der Waals surface area contributed by atoms with Crippen LogP contribution in [0.4, 0.5) is 0 Å². The van der Waals surface area contributed by atoms with Crippen molar-refractivity contribution in [3.05, 3.63) is 116 Å². The molecule has 1 amide bonds. The second kappa shape index (κ2) is 8.93. The van der Waals surface area contributed by atoms with Crippen molar-refractivity contribution < 1.29 is 9.21 Å². The summed E-state index contributed by atoms with van der Waals surface area (Å²) in [5, 5.41) is 11.3. The topological polar surface area (TPSA) is 67.8 Å². The van der Waals surface area contributed by atoms with E-state index in [0.29, 0.717) is 34.0 Å². The fourth-order valence-electron chi connectivity index (χ4n) is 4.75. The van der Waals surface area contributed by atoms with Gasteiger partial charge in [0.25, 0.3) is 11.5 Å². The molecule has 3 aromatic heterocycles. The molecular weight excluding hydrogens is 494 g/mol. The van der Waals surface area contributed by atoms with E-state index in [9.17, 15) is 9.59 Å². The molecule has 1 atom stereocenters. The standard InChI is InChI=1S/C28H20ClN3O3S/c1-31-22-14-19(29)9-10-20(22)25(17-6-3-2-4-7-17)26(28(31)34)21-15-23(24-8-5-12-35-24)32(30-21)27(33)18-11-13-36-16-18/h2-14,16,23H,15H2,1H3/t23-/m1/s1. The maximum atomic E-state index is 13.9. The molecule has 0 spiro atoms. The van der Waals surface area contributed by atoms with Crippen molar-refractivity contribution in [2.75, 3.05) is 0 Å². The normalized spacial score (nSPS) is 15.4. The zero-order valence-electron chi connectivity index (χ0n) is 19.2. The molecule has 5 aromatic rings. The molecule has 0 N–H and O–H groups in total. The van der Waals surface area contributed by atoms with Gasteiger partial charge in [0, 0.05) is 34.8 Å². The van der Waals surface area contributed by atoms with Gasteiger partial charge in [-0.25, -0.2) is 5.01 Å². The summed E-state index contributed by atoms with van der Waals surface area (Å²) >= 11 is 7.74. The van der Waals surface area contributed by atoms with E-state index in [0.717, 1.165) is 22.0 Å². The number of nitrogens with zero attached hydrogens (tertiary/aromatic N) is 3. The molecule has 8 heteroatoms. The number of pyridine rings is 1. The summed E-state index contributed by atoms with van der Waals surface area (Å²) < 4.78 is 7.28. The van der Waals surface area contributed by atoms with Gasteiger partial charge in [-0.3, -0.25) is 9.59 Å². The predicted molar refractivity (Wildman–Crippen MR) is 143 cm³/mol. The van der Waals surface area contributed by atoms with E-state index in [4.69, 9.17) is 21.1 Å². The zero-order valence-corrected chi connectivity index (χ0v) is 20.8. The Labute approximate surface area is 215 Å². The SMILES string of the molecule is Cn1c(=O)c(C2=NN(C(=O)c3ccsc3)[C@@H](c3ccco3)C2)c(-c2ccccc2)c2ccc(Cl)cc21. The van der Waals surface area contributed by atoms with Gasteiger partial charge in [0.05, 0.1) is 28.6 Å². The third-order valence-corrected chi connectivity index (χ3v) is 7.39. The first-order valence-electron chi connectivity index (χ1n) is 11.4. The molecular formula is C28H20ClN3O3S. The molecule has 0 aliphatic carbocycles. The second-order valence-electron chi connectivity index (χ2n) is 8.59. The van der Waals surface area contributed by atoms with Crippen LogP contribution in [0.3, 0.4) is 0 Å². The molecule has 4 heterocycles. The number of hydrogen-bond acceptors (Lipinski definition) is 5. The highest BCUT2D eigenvalue weighted by Crippen LogP contribution is 2.38. The van der Waals surface area contributed by atoms with Crippen molar-refractivity contribution in [3.8, 4) is 11.1 Å². The van der Waals surface area contributed by atoms with Gasteiger partial charge in [0.2, 0.25) is 0 Å². The van der Waals surface area contributed by atoms with Crippen LogP contribution in [0.5, 0.6) is 0 Å². The summed E-state index contributed by atoms with van der Waals surface area (Å²) in [6, 6.07) is 20.2. The molecule has 1 aliphatic heterocycles. The van der Waals surface area contributed by atoms with Crippen LogP contribution in [-0.4, -0.2) is 21.2 Å². The molecule has 0 saturated heterocycles. The van der Waals surface area contributed by atoms with Crippen LogP contribution < -0.4 is 5.56 Å². The number of thiophene rings is 1. The van der Waals surface area contributed by atoms with Crippen LogP contribution in [0, 0.1) is 0 Å². The first-order chi connectivity index (χ1) is 17.5. The highest BCUT2D eigenvalue weighted by atomic mass is 35.5. The molecule has 6 rings (SSSR count). The van der Waals surface area contributed by atoms with Gasteiger partial charge in [-0.15, -0.1) is 0 Å². The molecule has 0 fully saturated rings. The van der Waals surface area contributed by atoms with Crippen molar-refractivity contribution in [1.82, 2.24) is 9.58 Å². The Morgan fingerprint density at radius 3 is 2.64 bits per heavy atom. The van der Waals surface area contributed by atoms with E-state index in [1.165, 1.54) is 16.3 Å². The van der Waals surface area contributed by atoms with Gasteiger partial charge >= 0.3 is 0 Å². The lowest BCUT2D eigenvalue weighted by molar-refractivity contribution is 0.0693. The molecule has 0 unspecified atom stereocenters. The number of aryl methyl sites for hydroxylation is 1. The van der Waals surface area contributed by atoms with Gasteiger partial charge in [0.1, 0.15) is 11.8 Å². The number of hydrazone groups is 1. The van der Waals surface area contributed by atoms with Crippen LogP contribution in [-0.2, 0) is 7.05 Å². The number of rotatable bonds is 4. The number of halogens is 1. The monoisotopic (exact) mass is 513 g/mol. The number of aromatic nitrogens is 1. The molecule has 0 saturated carbocycles. The maximum absolute atomic E-state index is 13.9. The minimum absolute atomic E-state index is 0.203. The first-order valence-corrected chi connectivity index (χ1v) is 12.7. The number of carbonyl (C=O) groups excluding carboxylic acids is 1. The van der Waals surface area contributed by atoms with Crippen molar-refractivity contribution in [2.45, 2.75) is 12.5 Å². The summed E-state index contributed by atoms with van der Waals surface area (Å²) in [5.41, 5.74) is 3.73. The van der Waals surface area contributed by atoms with Crippen LogP contribution in [0.1, 0.15) is 34.1 Å². The summed E-state index contributed by atoms with van der Waals surface area (Å²) in [4.78, 5) is 27.3. The third-order valence-electron chi connectivity index (χ3n) is 6.47. The average molecular weight is 514 g/mol. The lowest BCUT2D eigenvalue weighted by Crippen LogP contribution is -2.26. The molecule has 1 aliphatic rings. The minimum Gasteiger partial charge on any atom is -0.467 e. The van der Waals surface area contributed by atoms with E-state index in [2.05, 4.69) is 0 Å². The Balaban J connectivity index is 1.61. The molecule has 178 valence electrons. The van der Waals surface area contributed by atoms with Gasteiger partial charge in [-0.2, -0.15) is 16.4 Å². The number of benzene rings is 2. The minimum atomic E-state index is -0.461. The Hall–Kier alpha value is -3.94. The lowest BCUT2D eigenvalue weighted by atomic mass is 9.91. The van der Waals surface area contributed by atoms with Crippen molar-refractivity contribution >= 4 is 45.5 Å². The Morgan fingerprint density at radius 1 is 1.08 bits per heavy atom. The van der Waals surface area contributed by atoms with E-state index >= 15 is 0 Å². The smallest absolute Gasteiger partial charge is 0.275 e. The highest BCUT2D eigenvalue weighted by Gasteiger charge is 2.37. The van der Waals surface area contributed by atoms with Crippen LogP contribution in [0.15, 0.2) is 98.1 Å². The Morgan fingerprint density at radius 2 is 1.92 bits per heavy atom. The van der Waals surface area contributed by atoms with Gasteiger partial charge in [0.15, 0.2) is 0 Å². The van der Waals surface area contributed by atoms with Gasteiger partial charge < -0.3 is 8.98 Å². The highest BCUT2D eigenvalue weighted by molar-refractivity contribution is 7.08. The van der Waals surface area contributed by atoms with E-state index < -0.39 is 6.04 Å². The predicted octanol–water partition coefficient (Wildman–Crippen LogP) is 6.50. The number of fused-ring (bicyclic) bond motifs is 1. The first kappa shape index (κ1) is 22.5. The fourth-order valence-corrected chi connectivity index (χ4v) is 5.55. The number of hydrogen-bond donors (Lipinski definition) is 0. The average Bonchev–Trinajstić information content (AvgIpc) is 3.68. The lowest BCUT2D eigenvalue weighted by Gasteiger charge is -2.19. The summed E-state index contributed by atoms with van der Waals surface area (Å²) in [5.74, 6) is 0.376. The van der Waals surface area contributed by atoms with E-state index in [1.807, 2.05) is 53.9 Å². The van der Waals surface area contributed by atoms with Gasteiger partial charge in [-0.05, 0) is 41.3 Å². The maximum Gasteiger partial charge on any atom is 0.275 e. The van der Waals surface area contributed by atoms with E-state index in [1.54, 1.807) is 41.5 Å². The van der Waals surface area contributed by atoms with Gasteiger partial charge in [-0.1, -0.05) is 48.0 Å². The summed E-state index contributed by atoms with van der Waals surface area (Å²) in [6.45, 7) is 0. The molecule has 2 aromatic carbocycles. The van der Waals surface area contributed by atoms with Crippen molar-refractivity contribution in [3.63, 3.8) is 0 Å². The second-order valence-corrected chi connectivity index (χ2v) is 9.80. The van der Waals surface area contributed by atoms with Crippen molar-refractivity contribution in [1.29, 1.82) is 0 Å². The summed E-state index contributed by atoms with van der Waals surface area (Å²) in [6.07, 6.45) is 1.92. The van der Waals surface area contributed by atoms with E-state index in [-0.39, 0.29) is 11.5 Å². The third kappa shape index (κ3) is 3.68. The van der Waals surface area contributed by atoms with Crippen LogP contribution in [0.2, 0.25) is 5.02 Å². The van der Waals surface area contributed by atoms with Crippen LogP contribution >= 0.6 is 22.9 Å². The molecule has 6 nitrogen and oxygen atoms in total. The Kier molecular flexibility index (Phi) is 5.59. The number of carbonyl (C=O) groups is 1. The molecule has 0 radical (unpaired) electrons.